The van der Waals surface area contributed by atoms with Gasteiger partial charge in [-0.3, -0.25) is 0 Å². The molecule has 16 heavy (non-hydrogen) atoms. The van der Waals surface area contributed by atoms with Gasteiger partial charge in [-0.2, -0.15) is 9.90 Å². The summed E-state index contributed by atoms with van der Waals surface area (Å²) in [6.07, 6.45) is 6.51. The lowest BCUT2D eigenvalue weighted by molar-refractivity contribution is 0.472. The van der Waals surface area contributed by atoms with Crippen molar-refractivity contribution in [2.45, 2.75) is 64.0 Å². The van der Waals surface area contributed by atoms with Crippen molar-refractivity contribution in [3.05, 3.63) is 0 Å². The number of rotatable bonds is 8. The number of hydrogen-bond donors (Lipinski definition) is 2. The molecule has 0 aromatic heterocycles. The van der Waals surface area contributed by atoms with Crippen LogP contribution in [0.3, 0.4) is 0 Å². The second-order valence-corrected chi connectivity index (χ2v) is 10.3. The largest absolute Gasteiger partial charge is 0.338 e. The third-order valence-corrected chi connectivity index (χ3v) is 6.79. The maximum absolute atomic E-state index is 9.42. The van der Waals surface area contributed by atoms with Crippen molar-refractivity contribution in [1.82, 2.24) is 0 Å². The van der Waals surface area contributed by atoms with Gasteiger partial charge in [0.05, 0.1) is 0 Å². The summed E-state index contributed by atoms with van der Waals surface area (Å²) in [4.78, 5) is 18.8. The monoisotopic (exact) mass is 304 g/mol. The van der Waals surface area contributed by atoms with Crippen molar-refractivity contribution in [2.75, 3.05) is 0 Å². The average Bonchev–Trinajstić information content (AvgIpc) is 2.15. The fourth-order valence-corrected chi connectivity index (χ4v) is 6.71. The van der Waals surface area contributed by atoms with Gasteiger partial charge in [-0.1, -0.05) is 51.4 Å². The van der Waals surface area contributed by atoms with Gasteiger partial charge < -0.3 is 9.79 Å². The van der Waals surface area contributed by atoms with E-state index in [1.165, 1.54) is 24.2 Å². The average molecular weight is 304 g/mol. The molecule has 2 nitrogen and oxygen atoms in total. The van der Waals surface area contributed by atoms with E-state index in [9.17, 15) is 9.79 Å². The van der Waals surface area contributed by atoms with Crippen LogP contribution in [0.2, 0.25) is 0 Å². The van der Waals surface area contributed by atoms with Gasteiger partial charge in [-0.25, -0.2) is 0 Å². The molecule has 0 amide bonds. The smallest absolute Gasteiger partial charge is 0.242 e. The van der Waals surface area contributed by atoms with Crippen molar-refractivity contribution >= 4 is 38.8 Å². The van der Waals surface area contributed by atoms with Crippen LogP contribution in [0.4, 0.5) is 0 Å². The molecular formula is C10H26O2P2S2. The molecule has 1 unspecified atom stereocenters. The Kier molecular flexibility index (Phi) is 11.4. The first-order chi connectivity index (χ1) is 6.89. The Labute approximate surface area is 113 Å². The molecular weight excluding hydrogens is 278 g/mol. The Balaban J connectivity index is 0. The van der Waals surface area contributed by atoms with Crippen molar-refractivity contribution in [2.24, 2.45) is 0 Å². The lowest BCUT2D eigenvalue weighted by Crippen LogP contribution is -2.22. The Morgan fingerprint density at radius 3 is 1.94 bits per heavy atom. The van der Waals surface area contributed by atoms with Crippen LogP contribution >= 0.6 is 27.0 Å². The third-order valence-electron chi connectivity index (χ3n) is 2.84. The minimum atomic E-state index is -3.12. The fourth-order valence-electron chi connectivity index (χ4n) is 1.73. The topological polar surface area (TPSA) is 40.5 Å². The maximum Gasteiger partial charge on any atom is 0.242 e. The van der Waals surface area contributed by atoms with Crippen molar-refractivity contribution in [1.29, 1.82) is 0 Å². The molecule has 0 aromatic rings. The molecule has 0 saturated carbocycles. The molecule has 0 aliphatic heterocycles. The second-order valence-electron chi connectivity index (χ2n) is 3.93. The highest BCUT2D eigenvalue weighted by Gasteiger charge is 2.31. The van der Waals surface area contributed by atoms with Gasteiger partial charge in [0.25, 0.3) is 0 Å². The molecule has 0 rings (SSSR count). The molecule has 0 spiro atoms. The molecule has 0 heterocycles. The first-order valence-electron chi connectivity index (χ1n) is 5.65. The van der Waals surface area contributed by atoms with E-state index in [1.54, 1.807) is 0 Å². The van der Waals surface area contributed by atoms with E-state index in [-0.39, 0.29) is 14.6 Å². The first kappa shape index (κ1) is 19.7. The van der Waals surface area contributed by atoms with Crippen molar-refractivity contribution in [3.8, 4) is 0 Å². The molecule has 0 fully saturated rings. The summed E-state index contributed by atoms with van der Waals surface area (Å²) in [5.41, 5.74) is -3.12. The van der Waals surface area contributed by atoms with Crippen molar-refractivity contribution in [3.63, 3.8) is 0 Å². The Hall–Kier alpha value is 1.35. The lowest BCUT2D eigenvalue weighted by Gasteiger charge is -2.32. The van der Waals surface area contributed by atoms with E-state index in [0.717, 1.165) is 25.7 Å². The highest BCUT2D eigenvalue weighted by atomic mass is 32.9. The second kappa shape index (κ2) is 9.30. The quantitative estimate of drug-likeness (QED) is 0.522. The summed E-state index contributed by atoms with van der Waals surface area (Å²) < 4.78 is -0.0196. The van der Waals surface area contributed by atoms with Gasteiger partial charge in [-0.05, 0) is 31.1 Å². The molecule has 100 valence electrons. The molecule has 6 heteroatoms. The van der Waals surface area contributed by atoms with Crippen LogP contribution in [0.5, 0.6) is 0 Å². The van der Waals surface area contributed by atoms with Crippen molar-refractivity contribution < 1.29 is 9.79 Å². The molecule has 0 bridgehead atoms. The minimum absolute atomic E-state index is 0. The van der Waals surface area contributed by atoms with Gasteiger partial charge in [0, 0.05) is 4.75 Å². The minimum Gasteiger partial charge on any atom is -0.338 e. The van der Waals surface area contributed by atoms with Crippen LogP contribution in [0.15, 0.2) is 0 Å². The SMILES string of the molecule is CCCCCC(CC)(CC)SP(O)(O)=S.P. The predicted molar refractivity (Wildman–Crippen MR) is 84.9 cm³/mol. The van der Waals surface area contributed by atoms with Crippen LogP contribution in [0.25, 0.3) is 0 Å². The zero-order valence-electron chi connectivity index (χ0n) is 10.6. The summed E-state index contributed by atoms with van der Waals surface area (Å²) in [7, 11) is 0. The summed E-state index contributed by atoms with van der Waals surface area (Å²) in [5, 5.41) is 0. The normalized spacial score (nSPS) is 12.3. The van der Waals surface area contributed by atoms with E-state index in [2.05, 4.69) is 20.8 Å². The Morgan fingerprint density at radius 2 is 1.62 bits per heavy atom. The molecule has 0 aliphatic carbocycles. The summed E-state index contributed by atoms with van der Waals surface area (Å²) >= 11 is 5.97. The van der Waals surface area contributed by atoms with Crippen LogP contribution in [-0.2, 0) is 11.8 Å². The predicted octanol–water partition coefficient (Wildman–Crippen LogP) is 4.13. The molecule has 0 saturated heterocycles. The lowest BCUT2D eigenvalue weighted by atomic mass is 9.95. The first-order valence-corrected chi connectivity index (χ1v) is 9.78. The molecule has 0 radical (unpaired) electrons. The molecule has 2 N–H and O–H groups in total. The third kappa shape index (κ3) is 8.44. The van der Waals surface area contributed by atoms with Crippen LogP contribution in [0, 0.1) is 0 Å². The van der Waals surface area contributed by atoms with E-state index in [4.69, 9.17) is 11.8 Å². The van der Waals surface area contributed by atoms with E-state index < -0.39 is 5.69 Å². The van der Waals surface area contributed by atoms with Crippen LogP contribution < -0.4 is 0 Å². The van der Waals surface area contributed by atoms with Crippen LogP contribution in [-0.4, -0.2) is 14.5 Å². The number of unbranched alkanes of at least 4 members (excludes halogenated alkanes) is 2. The maximum atomic E-state index is 9.42. The molecule has 0 aromatic carbocycles. The van der Waals surface area contributed by atoms with E-state index in [1.807, 2.05) is 0 Å². The van der Waals surface area contributed by atoms with E-state index >= 15 is 0 Å². The zero-order chi connectivity index (χ0) is 11.9. The van der Waals surface area contributed by atoms with Gasteiger partial charge in [0.2, 0.25) is 5.69 Å². The highest BCUT2D eigenvalue weighted by Crippen LogP contribution is 2.60. The van der Waals surface area contributed by atoms with E-state index in [0.29, 0.717) is 0 Å². The van der Waals surface area contributed by atoms with Gasteiger partial charge in [0.15, 0.2) is 0 Å². The summed E-state index contributed by atoms with van der Waals surface area (Å²) in [6, 6.07) is 0. The Bertz CT molecular complexity index is 215. The molecule has 0 aliphatic rings. The molecule has 1 atom stereocenters. The zero-order valence-corrected chi connectivity index (χ0v) is 14.5. The van der Waals surface area contributed by atoms with Gasteiger partial charge >= 0.3 is 0 Å². The Morgan fingerprint density at radius 1 is 1.12 bits per heavy atom. The highest BCUT2D eigenvalue weighted by molar-refractivity contribution is 8.67. The number of hydrogen-bond acceptors (Lipinski definition) is 2. The van der Waals surface area contributed by atoms with Gasteiger partial charge in [0.1, 0.15) is 0 Å². The summed E-state index contributed by atoms with van der Waals surface area (Å²) in [5.74, 6) is 0. The summed E-state index contributed by atoms with van der Waals surface area (Å²) in [6.45, 7) is 6.38. The van der Waals surface area contributed by atoms with Gasteiger partial charge in [-0.15, -0.1) is 0 Å². The fraction of sp³-hybridized carbons (Fsp3) is 1.00. The van der Waals surface area contributed by atoms with Crippen LogP contribution in [0.1, 0.15) is 59.3 Å². The standard InChI is InChI=1S/C10H23O2PS2.H3P/c1-4-7-8-9-10(5-2,6-3)15-13(11,12)14;/h4-9H2,1-3H3,(H2,11,12,14);1H3.